The van der Waals surface area contributed by atoms with Gasteiger partial charge in [0.15, 0.2) is 0 Å². The summed E-state index contributed by atoms with van der Waals surface area (Å²) >= 11 is 0. The van der Waals surface area contributed by atoms with Crippen LogP contribution in [0.25, 0.3) is 5.69 Å². The Kier molecular flexibility index (Phi) is 2.82. The number of carbonyl (C=O) groups is 1. The van der Waals surface area contributed by atoms with Crippen LogP contribution in [0.1, 0.15) is 15.9 Å². The lowest BCUT2D eigenvalue weighted by Crippen LogP contribution is -2.03. The molecule has 2 aromatic rings. The molecule has 18 heavy (non-hydrogen) atoms. The fourth-order valence-electron chi connectivity index (χ4n) is 1.37. The first kappa shape index (κ1) is 12.2. The molecule has 0 aliphatic carbocycles. The Labute approximate surface area is 99.3 Å². The Hall–Kier alpha value is -2.31. The van der Waals surface area contributed by atoms with Crippen molar-refractivity contribution in [3.63, 3.8) is 0 Å². The van der Waals surface area contributed by atoms with Crippen molar-refractivity contribution in [2.75, 3.05) is 0 Å². The van der Waals surface area contributed by atoms with Crippen molar-refractivity contribution in [1.29, 1.82) is 0 Å². The van der Waals surface area contributed by atoms with Crippen LogP contribution in [0.5, 0.6) is 0 Å². The maximum atomic E-state index is 12.4. The molecule has 1 aromatic heterocycles. The van der Waals surface area contributed by atoms with E-state index in [2.05, 4.69) is 5.10 Å². The van der Waals surface area contributed by atoms with Gasteiger partial charge in [0.1, 0.15) is 0 Å². The molecule has 4 nitrogen and oxygen atoms in total. The SMILES string of the molecule is O=C(O)c1ccc(-n2cc(C(F)(F)F)cn2)cc1. The van der Waals surface area contributed by atoms with Crippen molar-refractivity contribution < 1.29 is 23.1 Å². The van der Waals surface area contributed by atoms with Gasteiger partial charge >= 0.3 is 12.1 Å². The lowest BCUT2D eigenvalue weighted by molar-refractivity contribution is -0.137. The second-order valence-electron chi connectivity index (χ2n) is 3.52. The van der Waals surface area contributed by atoms with Crippen molar-refractivity contribution in [2.24, 2.45) is 0 Å². The van der Waals surface area contributed by atoms with Crippen LogP contribution in [0.3, 0.4) is 0 Å². The summed E-state index contributed by atoms with van der Waals surface area (Å²) < 4.78 is 38.1. The van der Waals surface area contributed by atoms with Gasteiger partial charge in [-0.1, -0.05) is 0 Å². The largest absolute Gasteiger partial charge is 0.478 e. The van der Waals surface area contributed by atoms with Crippen molar-refractivity contribution in [2.45, 2.75) is 6.18 Å². The molecule has 0 atom stereocenters. The Morgan fingerprint density at radius 2 is 1.83 bits per heavy atom. The number of benzene rings is 1. The molecule has 7 heteroatoms. The van der Waals surface area contributed by atoms with Crippen LogP contribution in [0.15, 0.2) is 36.7 Å². The summed E-state index contributed by atoms with van der Waals surface area (Å²) in [6, 6.07) is 5.37. The molecule has 0 amide bonds. The maximum Gasteiger partial charge on any atom is 0.419 e. The molecule has 2 rings (SSSR count). The van der Waals surface area contributed by atoms with Crippen molar-refractivity contribution >= 4 is 5.97 Å². The van der Waals surface area contributed by atoms with Crippen LogP contribution in [-0.2, 0) is 6.18 Å². The van der Waals surface area contributed by atoms with Crippen LogP contribution in [0.4, 0.5) is 13.2 Å². The summed E-state index contributed by atoms with van der Waals surface area (Å²) in [5.74, 6) is -1.10. The van der Waals surface area contributed by atoms with Crippen LogP contribution in [0, 0.1) is 0 Å². The van der Waals surface area contributed by atoms with E-state index in [1.54, 1.807) is 0 Å². The Bertz CT molecular complexity index is 573. The first-order valence-corrected chi connectivity index (χ1v) is 4.83. The van der Waals surface area contributed by atoms with Gasteiger partial charge in [-0.15, -0.1) is 0 Å². The van der Waals surface area contributed by atoms with Gasteiger partial charge in [-0.05, 0) is 24.3 Å². The van der Waals surface area contributed by atoms with E-state index >= 15 is 0 Å². The number of aromatic nitrogens is 2. The number of hydrogen-bond donors (Lipinski definition) is 1. The van der Waals surface area contributed by atoms with E-state index in [1.165, 1.54) is 24.3 Å². The molecule has 0 aliphatic heterocycles. The van der Waals surface area contributed by atoms with E-state index in [-0.39, 0.29) is 5.56 Å². The molecule has 0 fully saturated rings. The van der Waals surface area contributed by atoms with Crippen LogP contribution >= 0.6 is 0 Å². The minimum Gasteiger partial charge on any atom is -0.478 e. The highest BCUT2D eigenvalue weighted by Gasteiger charge is 2.32. The number of nitrogens with zero attached hydrogens (tertiary/aromatic N) is 2. The Balaban J connectivity index is 2.32. The predicted molar refractivity (Wildman–Crippen MR) is 55.5 cm³/mol. The second-order valence-corrected chi connectivity index (χ2v) is 3.52. The van der Waals surface area contributed by atoms with Gasteiger partial charge in [-0.25, -0.2) is 9.48 Å². The van der Waals surface area contributed by atoms with Crippen LogP contribution in [0.2, 0.25) is 0 Å². The number of alkyl halides is 3. The monoisotopic (exact) mass is 256 g/mol. The van der Waals surface area contributed by atoms with E-state index in [0.717, 1.165) is 10.9 Å². The lowest BCUT2D eigenvalue weighted by Gasteiger charge is -2.02. The molecule has 94 valence electrons. The first-order valence-electron chi connectivity index (χ1n) is 4.83. The number of aromatic carboxylic acids is 1. The summed E-state index contributed by atoms with van der Waals surface area (Å²) in [6.45, 7) is 0. The number of carboxylic acids is 1. The molecule has 1 aromatic carbocycles. The third kappa shape index (κ3) is 2.34. The fraction of sp³-hybridized carbons (Fsp3) is 0.0909. The van der Waals surface area contributed by atoms with E-state index in [1.807, 2.05) is 0 Å². The smallest absolute Gasteiger partial charge is 0.419 e. The van der Waals surface area contributed by atoms with Gasteiger partial charge in [0.2, 0.25) is 0 Å². The molecule has 0 saturated heterocycles. The minimum atomic E-state index is -4.45. The zero-order valence-corrected chi connectivity index (χ0v) is 8.85. The zero-order chi connectivity index (χ0) is 13.3. The Morgan fingerprint density at radius 3 is 2.28 bits per heavy atom. The number of carboxylic acid groups (broad SMARTS) is 1. The number of hydrogen-bond acceptors (Lipinski definition) is 2. The molecular formula is C11H7F3N2O2. The summed E-state index contributed by atoms with van der Waals surface area (Å²) in [5, 5.41) is 12.3. The van der Waals surface area contributed by atoms with Crippen molar-refractivity contribution in [1.82, 2.24) is 9.78 Å². The highest BCUT2D eigenvalue weighted by atomic mass is 19.4. The summed E-state index contributed by atoms with van der Waals surface area (Å²) in [5.41, 5.74) is -0.442. The van der Waals surface area contributed by atoms with Crippen molar-refractivity contribution in [3.8, 4) is 5.69 Å². The van der Waals surface area contributed by atoms with E-state index in [4.69, 9.17) is 5.11 Å². The molecule has 0 spiro atoms. The van der Waals surface area contributed by atoms with Crippen LogP contribution < -0.4 is 0 Å². The third-order valence-corrected chi connectivity index (χ3v) is 2.29. The normalized spacial score (nSPS) is 11.5. The highest BCUT2D eigenvalue weighted by molar-refractivity contribution is 5.87. The summed E-state index contributed by atoms with van der Waals surface area (Å²) in [6.07, 6.45) is -2.89. The number of rotatable bonds is 2. The van der Waals surface area contributed by atoms with Gasteiger partial charge in [0, 0.05) is 6.20 Å². The van der Waals surface area contributed by atoms with Gasteiger partial charge in [0.05, 0.1) is 23.0 Å². The molecular weight excluding hydrogens is 249 g/mol. The Morgan fingerprint density at radius 1 is 1.22 bits per heavy atom. The average Bonchev–Trinajstić information content (AvgIpc) is 2.78. The molecule has 1 N–H and O–H groups in total. The van der Waals surface area contributed by atoms with Gasteiger partial charge in [-0.3, -0.25) is 0 Å². The molecule has 0 radical (unpaired) electrons. The second kappa shape index (κ2) is 4.17. The third-order valence-electron chi connectivity index (χ3n) is 2.29. The van der Waals surface area contributed by atoms with E-state index in [0.29, 0.717) is 11.9 Å². The topological polar surface area (TPSA) is 55.1 Å². The quantitative estimate of drug-likeness (QED) is 0.898. The molecule has 0 bridgehead atoms. The zero-order valence-electron chi connectivity index (χ0n) is 8.85. The molecule has 0 saturated carbocycles. The summed E-state index contributed by atoms with van der Waals surface area (Å²) in [7, 11) is 0. The highest BCUT2D eigenvalue weighted by Crippen LogP contribution is 2.29. The fourth-order valence-corrected chi connectivity index (χ4v) is 1.37. The summed E-state index contributed by atoms with van der Waals surface area (Å²) in [4.78, 5) is 10.6. The van der Waals surface area contributed by atoms with Gasteiger partial charge in [0.25, 0.3) is 0 Å². The van der Waals surface area contributed by atoms with E-state index in [9.17, 15) is 18.0 Å². The maximum absolute atomic E-state index is 12.4. The van der Waals surface area contributed by atoms with E-state index < -0.39 is 17.7 Å². The minimum absolute atomic E-state index is 0.0574. The standard InChI is InChI=1S/C11H7F3N2O2/c12-11(13,14)8-5-15-16(6-8)9-3-1-7(2-4-9)10(17)18/h1-6H,(H,17,18). The lowest BCUT2D eigenvalue weighted by atomic mass is 10.2. The average molecular weight is 256 g/mol. The molecule has 0 aliphatic rings. The van der Waals surface area contributed by atoms with Gasteiger partial charge in [-0.2, -0.15) is 18.3 Å². The molecule has 1 heterocycles. The van der Waals surface area contributed by atoms with Crippen molar-refractivity contribution in [3.05, 3.63) is 47.8 Å². The van der Waals surface area contributed by atoms with Crippen LogP contribution in [-0.4, -0.2) is 20.9 Å². The first-order chi connectivity index (χ1) is 8.38. The molecule has 0 unspecified atom stereocenters. The van der Waals surface area contributed by atoms with Gasteiger partial charge < -0.3 is 5.11 Å². The number of halogens is 3. The predicted octanol–water partition coefficient (Wildman–Crippen LogP) is 2.59.